The summed E-state index contributed by atoms with van der Waals surface area (Å²) in [6.45, 7) is 1.70. The van der Waals surface area contributed by atoms with E-state index >= 15 is 0 Å². The van der Waals surface area contributed by atoms with Crippen LogP contribution < -0.4 is 14.8 Å². The quantitative estimate of drug-likeness (QED) is 0.836. The number of ether oxygens (including phenoxy) is 2. The molecule has 1 saturated heterocycles. The first-order valence-electron chi connectivity index (χ1n) is 7.44. The van der Waals surface area contributed by atoms with Crippen molar-refractivity contribution in [2.45, 2.75) is 25.4 Å². The van der Waals surface area contributed by atoms with Crippen LogP contribution in [-0.2, 0) is 16.6 Å². The van der Waals surface area contributed by atoms with Crippen LogP contribution in [0.5, 0.6) is 11.5 Å². The van der Waals surface area contributed by atoms with E-state index in [1.165, 1.54) is 10.6 Å². The van der Waals surface area contributed by atoms with Crippen molar-refractivity contribution in [3.05, 3.63) is 22.7 Å². The highest BCUT2D eigenvalue weighted by Crippen LogP contribution is 2.37. The lowest BCUT2D eigenvalue weighted by Gasteiger charge is -2.30. The van der Waals surface area contributed by atoms with E-state index in [4.69, 9.17) is 21.1 Å². The molecule has 1 fully saturated rings. The molecule has 0 unspecified atom stereocenters. The second-order valence-corrected chi connectivity index (χ2v) is 7.95. The van der Waals surface area contributed by atoms with Gasteiger partial charge in [-0.3, -0.25) is 0 Å². The third-order valence-corrected chi connectivity index (χ3v) is 5.79. The number of rotatable bonds is 6. The zero-order chi connectivity index (χ0) is 17.0. The number of nitrogens with zero attached hydrogens (tertiary/aromatic N) is 1. The standard InChI is InChI=1S/C15H23ClN2O4S/c1-21-13-5-4-11(14(16)15(13)22-2)10-17-12-6-8-18(9-7-12)23(3,19)20/h4-5,12,17H,6-10H2,1-3H3. The summed E-state index contributed by atoms with van der Waals surface area (Å²) in [5.74, 6) is 1.13. The zero-order valence-corrected chi connectivity index (χ0v) is 15.2. The molecule has 0 amide bonds. The van der Waals surface area contributed by atoms with Gasteiger partial charge >= 0.3 is 0 Å². The van der Waals surface area contributed by atoms with Crippen LogP contribution >= 0.6 is 11.6 Å². The Morgan fingerprint density at radius 1 is 1.26 bits per heavy atom. The lowest BCUT2D eigenvalue weighted by atomic mass is 10.1. The summed E-state index contributed by atoms with van der Waals surface area (Å²) < 4.78 is 35.1. The molecule has 1 N–H and O–H groups in total. The lowest BCUT2D eigenvalue weighted by molar-refractivity contribution is 0.290. The second-order valence-electron chi connectivity index (χ2n) is 5.59. The third kappa shape index (κ3) is 4.50. The van der Waals surface area contributed by atoms with Gasteiger partial charge in [0.2, 0.25) is 10.0 Å². The van der Waals surface area contributed by atoms with Crippen molar-refractivity contribution in [1.82, 2.24) is 9.62 Å². The number of halogens is 1. The highest BCUT2D eigenvalue weighted by atomic mass is 35.5. The van der Waals surface area contributed by atoms with Gasteiger partial charge in [-0.25, -0.2) is 12.7 Å². The Balaban J connectivity index is 1.95. The molecule has 23 heavy (non-hydrogen) atoms. The summed E-state index contributed by atoms with van der Waals surface area (Å²) in [7, 11) is 0.0427. The van der Waals surface area contributed by atoms with Gasteiger partial charge < -0.3 is 14.8 Å². The Hall–Kier alpha value is -1.02. The van der Waals surface area contributed by atoms with Gasteiger partial charge in [-0.05, 0) is 24.5 Å². The Bertz CT molecular complexity index is 643. The SMILES string of the molecule is COc1ccc(CNC2CCN(S(C)(=O)=O)CC2)c(Cl)c1OC. The molecule has 8 heteroatoms. The predicted molar refractivity (Wildman–Crippen MR) is 90.8 cm³/mol. The fraction of sp³-hybridized carbons (Fsp3) is 0.600. The smallest absolute Gasteiger partial charge is 0.211 e. The lowest BCUT2D eigenvalue weighted by Crippen LogP contribution is -2.44. The summed E-state index contributed by atoms with van der Waals surface area (Å²) >= 11 is 6.36. The molecule has 1 aliphatic rings. The van der Waals surface area contributed by atoms with Crippen molar-refractivity contribution in [3.8, 4) is 11.5 Å². The van der Waals surface area contributed by atoms with Gasteiger partial charge in [0.25, 0.3) is 0 Å². The normalized spacial score (nSPS) is 17.2. The van der Waals surface area contributed by atoms with Gasteiger partial charge in [-0.15, -0.1) is 0 Å². The third-order valence-electron chi connectivity index (χ3n) is 4.07. The molecule has 0 saturated carbocycles. The number of sulfonamides is 1. The molecule has 1 aliphatic heterocycles. The van der Waals surface area contributed by atoms with E-state index < -0.39 is 10.0 Å². The van der Waals surface area contributed by atoms with Gasteiger partial charge in [0.1, 0.15) is 0 Å². The first-order valence-corrected chi connectivity index (χ1v) is 9.67. The number of piperidine rings is 1. The van der Waals surface area contributed by atoms with Crippen molar-refractivity contribution in [2.24, 2.45) is 0 Å². The number of methoxy groups -OCH3 is 2. The number of hydrogen-bond acceptors (Lipinski definition) is 5. The molecule has 1 heterocycles. The van der Waals surface area contributed by atoms with Gasteiger partial charge in [0, 0.05) is 25.7 Å². The van der Waals surface area contributed by atoms with Crippen LogP contribution in [0.2, 0.25) is 5.02 Å². The van der Waals surface area contributed by atoms with Crippen molar-refractivity contribution in [1.29, 1.82) is 0 Å². The van der Waals surface area contributed by atoms with E-state index in [1.54, 1.807) is 14.2 Å². The van der Waals surface area contributed by atoms with E-state index in [0.29, 0.717) is 36.2 Å². The van der Waals surface area contributed by atoms with Crippen molar-refractivity contribution in [3.63, 3.8) is 0 Å². The Kier molecular flexibility index (Phi) is 6.13. The van der Waals surface area contributed by atoms with Crippen LogP contribution in [0.1, 0.15) is 18.4 Å². The minimum atomic E-state index is -3.09. The minimum absolute atomic E-state index is 0.275. The molecular formula is C15H23ClN2O4S. The van der Waals surface area contributed by atoms with Crippen molar-refractivity contribution < 1.29 is 17.9 Å². The summed E-state index contributed by atoms with van der Waals surface area (Å²) in [6, 6.07) is 4.01. The maximum absolute atomic E-state index is 11.5. The summed E-state index contributed by atoms with van der Waals surface area (Å²) in [5.41, 5.74) is 0.926. The zero-order valence-electron chi connectivity index (χ0n) is 13.6. The molecule has 6 nitrogen and oxygen atoms in total. The number of hydrogen-bond donors (Lipinski definition) is 1. The average Bonchev–Trinajstić information content (AvgIpc) is 2.53. The van der Waals surface area contributed by atoms with Crippen LogP contribution in [0.4, 0.5) is 0 Å². The molecule has 0 aliphatic carbocycles. The molecule has 0 aromatic heterocycles. The van der Waals surface area contributed by atoms with Crippen molar-refractivity contribution >= 4 is 21.6 Å². The molecule has 130 valence electrons. The Labute approximate surface area is 142 Å². The largest absolute Gasteiger partial charge is 0.493 e. The van der Waals surface area contributed by atoms with E-state index in [2.05, 4.69) is 5.32 Å². The monoisotopic (exact) mass is 362 g/mol. The molecule has 0 atom stereocenters. The van der Waals surface area contributed by atoms with E-state index in [0.717, 1.165) is 18.4 Å². The molecule has 0 radical (unpaired) electrons. The molecule has 1 aromatic carbocycles. The Morgan fingerprint density at radius 2 is 1.91 bits per heavy atom. The first kappa shape index (κ1) is 18.3. The number of benzene rings is 1. The number of nitrogens with one attached hydrogen (secondary N) is 1. The minimum Gasteiger partial charge on any atom is -0.493 e. The molecule has 2 rings (SSSR count). The maximum atomic E-state index is 11.5. The average molecular weight is 363 g/mol. The van der Waals surface area contributed by atoms with E-state index in [1.807, 2.05) is 12.1 Å². The first-order chi connectivity index (χ1) is 10.9. The summed E-state index contributed by atoms with van der Waals surface area (Å²) in [4.78, 5) is 0. The molecule has 0 spiro atoms. The van der Waals surface area contributed by atoms with E-state index in [-0.39, 0.29) is 6.04 Å². The molecule has 0 bridgehead atoms. The second kappa shape index (κ2) is 7.70. The molecule has 1 aromatic rings. The Morgan fingerprint density at radius 3 is 2.43 bits per heavy atom. The topological polar surface area (TPSA) is 67.9 Å². The maximum Gasteiger partial charge on any atom is 0.211 e. The van der Waals surface area contributed by atoms with Crippen molar-refractivity contribution in [2.75, 3.05) is 33.6 Å². The van der Waals surface area contributed by atoms with Crippen LogP contribution in [0.3, 0.4) is 0 Å². The fourth-order valence-corrected chi connectivity index (χ4v) is 3.89. The summed E-state index contributed by atoms with van der Waals surface area (Å²) in [6.07, 6.45) is 2.83. The van der Waals surface area contributed by atoms with Crippen LogP contribution in [0.15, 0.2) is 12.1 Å². The highest BCUT2D eigenvalue weighted by Gasteiger charge is 2.24. The van der Waals surface area contributed by atoms with E-state index in [9.17, 15) is 8.42 Å². The summed E-state index contributed by atoms with van der Waals surface area (Å²) in [5, 5.41) is 3.97. The van der Waals surface area contributed by atoms with Crippen LogP contribution in [-0.4, -0.2) is 52.3 Å². The van der Waals surface area contributed by atoms with Crippen LogP contribution in [0, 0.1) is 0 Å². The molecular weight excluding hydrogens is 340 g/mol. The van der Waals surface area contributed by atoms with Gasteiger partial charge in [0.05, 0.1) is 25.5 Å². The fourth-order valence-electron chi connectivity index (χ4n) is 2.71. The highest BCUT2D eigenvalue weighted by molar-refractivity contribution is 7.88. The van der Waals surface area contributed by atoms with Gasteiger partial charge in [0.15, 0.2) is 11.5 Å². The van der Waals surface area contributed by atoms with Gasteiger partial charge in [-0.1, -0.05) is 17.7 Å². The van der Waals surface area contributed by atoms with Crippen LogP contribution in [0.25, 0.3) is 0 Å². The predicted octanol–water partition coefficient (Wildman–Crippen LogP) is 1.87. The van der Waals surface area contributed by atoms with Gasteiger partial charge in [-0.2, -0.15) is 0 Å².